The summed E-state index contributed by atoms with van der Waals surface area (Å²) in [7, 11) is 1.91. The van der Waals surface area contributed by atoms with Gasteiger partial charge in [-0.2, -0.15) is 5.10 Å². The zero-order valence-electron chi connectivity index (χ0n) is 20.8. The highest BCUT2D eigenvalue weighted by atomic mass is 16.1. The number of rotatable bonds is 8. The summed E-state index contributed by atoms with van der Waals surface area (Å²) in [4.78, 5) is 22.4. The van der Waals surface area contributed by atoms with Gasteiger partial charge in [0.1, 0.15) is 11.6 Å². The topological polar surface area (TPSA) is 60.7 Å². The number of aryl methyl sites for hydroxylation is 1. The van der Waals surface area contributed by atoms with E-state index in [4.69, 9.17) is 4.98 Å². The van der Waals surface area contributed by atoms with Crippen LogP contribution in [0.5, 0.6) is 0 Å². The fourth-order valence-corrected chi connectivity index (χ4v) is 5.62. The average molecular weight is 449 g/mol. The zero-order chi connectivity index (χ0) is 23.6. The molecule has 1 aliphatic heterocycles. The molecule has 0 N–H and O–H groups in total. The lowest BCUT2D eigenvalue weighted by molar-refractivity contribution is -0.938. The molecule has 6 heteroatoms. The first-order chi connectivity index (χ1) is 15.7. The van der Waals surface area contributed by atoms with Crippen molar-refractivity contribution in [2.24, 2.45) is 24.8 Å². The number of hydrogen-bond acceptors (Lipinski definition) is 4. The third kappa shape index (κ3) is 5.67. The highest BCUT2D eigenvalue weighted by molar-refractivity contribution is 5.85. The van der Waals surface area contributed by atoms with Crippen molar-refractivity contribution in [1.82, 2.24) is 19.7 Å². The second kappa shape index (κ2) is 9.72. The van der Waals surface area contributed by atoms with Crippen LogP contribution in [0.4, 0.5) is 0 Å². The Morgan fingerprint density at radius 3 is 2.36 bits per heavy atom. The van der Waals surface area contributed by atoms with Crippen molar-refractivity contribution in [2.45, 2.75) is 47.0 Å². The van der Waals surface area contributed by atoms with E-state index in [0.29, 0.717) is 29.9 Å². The van der Waals surface area contributed by atoms with Gasteiger partial charge in [-0.05, 0) is 11.6 Å². The van der Waals surface area contributed by atoms with Crippen LogP contribution in [0.15, 0.2) is 36.8 Å². The number of piperidine rings is 1. The van der Waals surface area contributed by atoms with E-state index in [2.05, 4.69) is 49.9 Å². The number of likely N-dealkylation sites (tertiary alicyclic amines) is 1. The molecule has 0 atom stereocenters. The highest BCUT2D eigenvalue weighted by Gasteiger charge is 2.37. The maximum atomic E-state index is 13.2. The molecule has 0 aliphatic carbocycles. The van der Waals surface area contributed by atoms with Gasteiger partial charge in [-0.1, -0.05) is 39.8 Å². The summed E-state index contributed by atoms with van der Waals surface area (Å²) < 4.78 is 2.96. The van der Waals surface area contributed by atoms with Crippen LogP contribution in [0.25, 0.3) is 22.0 Å². The molecule has 0 bridgehead atoms. The normalized spacial score (nSPS) is 16.7. The Hall–Kier alpha value is -2.60. The molecule has 3 heterocycles. The van der Waals surface area contributed by atoms with Crippen LogP contribution in [-0.2, 0) is 18.3 Å². The number of carbonyl (C=O) groups excluding carboxylic acids is 1. The van der Waals surface area contributed by atoms with E-state index in [1.165, 1.54) is 17.6 Å². The van der Waals surface area contributed by atoms with Crippen molar-refractivity contribution in [3.8, 4) is 11.1 Å². The summed E-state index contributed by atoms with van der Waals surface area (Å²) in [5.74, 6) is 2.42. The Balaban J connectivity index is 1.44. The molecule has 3 aromatic rings. The minimum Gasteiger partial charge on any atom is -0.323 e. The summed E-state index contributed by atoms with van der Waals surface area (Å²) in [6.45, 7) is 13.9. The van der Waals surface area contributed by atoms with Gasteiger partial charge in [0.25, 0.3) is 0 Å². The van der Waals surface area contributed by atoms with Crippen molar-refractivity contribution in [2.75, 3.05) is 26.2 Å². The van der Waals surface area contributed by atoms with Crippen LogP contribution in [0.1, 0.15) is 46.4 Å². The van der Waals surface area contributed by atoms with E-state index in [0.717, 1.165) is 48.0 Å². The van der Waals surface area contributed by atoms with Crippen LogP contribution in [-0.4, -0.2) is 56.2 Å². The molecule has 1 aliphatic rings. The van der Waals surface area contributed by atoms with Crippen molar-refractivity contribution in [3.63, 3.8) is 0 Å². The summed E-state index contributed by atoms with van der Waals surface area (Å²) in [5, 5.41) is 5.25. The van der Waals surface area contributed by atoms with Gasteiger partial charge in [-0.3, -0.25) is 9.48 Å². The molecule has 1 saturated heterocycles. The molecule has 1 fully saturated rings. The Kier molecular flexibility index (Phi) is 6.94. The van der Waals surface area contributed by atoms with Crippen LogP contribution in [0, 0.1) is 17.8 Å². The van der Waals surface area contributed by atoms with E-state index >= 15 is 0 Å². The average Bonchev–Trinajstić information content (AvgIpc) is 3.19. The maximum Gasteiger partial charge on any atom is 0.143 e. The molecule has 0 saturated carbocycles. The second-order valence-electron chi connectivity index (χ2n) is 10.8. The molecule has 0 amide bonds. The molecule has 1 aromatic carbocycles. The Morgan fingerprint density at radius 1 is 1.06 bits per heavy atom. The van der Waals surface area contributed by atoms with E-state index in [1.54, 1.807) is 4.68 Å². The van der Waals surface area contributed by atoms with E-state index in [-0.39, 0.29) is 5.92 Å². The van der Waals surface area contributed by atoms with E-state index in [1.807, 2.05) is 31.7 Å². The van der Waals surface area contributed by atoms with Gasteiger partial charge < -0.3 is 4.48 Å². The molecule has 2 aromatic heterocycles. The minimum absolute atomic E-state index is 0.136. The predicted octanol–water partition coefficient (Wildman–Crippen LogP) is 4.68. The second-order valence-corrected chi connectivity index (χ2v) is 10.8. The molecule has 176 valence electrons. The summed E-state index contributed by atoms with van der Waals surface area (Å²) >= 11 is 0. The first kappa shape index (κ1) is 23.6. The largest absolute Gasteiger partial charge is 0.323 e. The quantitative estimate of drug-likeness (QED) is 0.470. The summed E-state index contributed by atoms with van der Waals surface area (Å²) in [6.07, 6.45) is 7.98. The van der Waals surface area contributed by atoms with Gasteiger partial charge in [0, 0.05) is 61.0 Å². The first-order valence-electron chi connectivity index (χ1n) is 12.4. The van der Waals surface area contributed by atoms with E-state index < -0.39 is 0 Å². The van der Waals surface area contributed by atoms with Gasteiger partial charge in [-0.15, -0.1) is 0 Å². The lowest BCUT2D eigenvalue weighted by Crippen LogP contribution is -2.57. The van der Waals surface area contributed by atoms with E-state index in [9.17, 15) is 4.79 Å². The van der Waals surface area contributed by atoms with Crippen LogP contribution >= 0.6 is 0 Å². The fourth-order valence-electron chi connectivity index (χ4n) is 5.62. The number of ketones is 1. The third-order valence-electron chi connectivity index (χ3n) is 6.87. The Bertz CT molecular complexity index is 1100. The lowest BCUT2D eigenvalue weighted by Gasteiger charge is -2.45. The van der Waals surface area contributed by atoms with Gasteiger partial charge >= 0.3 is 0 Å². The fraction of sp³-hybridized carbons (Fsp3) is 0.556. The van der Waals surface area contributed by atoms with Crippen LogP contribution in [0.2, 0.25) is 0 Å². The van der Waals surface area contributed by atoms with Gasteiger partial charge in [-0.25, -0.2) is 9.97 Å². The minimum atomic E-state index is 0.136. The van der Waals surface area contributed by atoms with Crippen molar-refractivity contribution >= 4 is 16.7 Å². The summed E-state index contributed by atoms with van der Waals surface area (Å²) in [5.41, 5.74) is 3.01. The number of quaternary nitrogens is 1. The molecule has 0 radical (unpaired) electrons. The monoisotopic (exact) mass is 448 g/mol. The molecular formula is C27H38N5O+. The standard InChI is InChI=1S/C27H38N5O/c1-19(2)17-32(18-20(3)4)10-8-21(9-11-32)26(33)13-27-28-14-23-7-6-22(12-25(23)30-27)24-15-29-31(5)16-24/h6-7,12,14-16,19-21H,8-11,13,17-18H2,1-5H3/q+1. The van der Waals surface area contributed by atoms with Gasteiger partial charge in [0.05, 0.1) is 44.3 Å². The lowest BCUT2D eigenvalue weighted by atomic mass is 9.88. The van der Waals surface area contributed by atoms with Gasteiger partial charge in [0.15, 0.2) is 0 Å². The smallest absolute Gasteiger partial charge is 0.143 e. The number of hydrogen-bond donors (Lipinski definition) is 0. The predicted molar refractivity (Wildman–Crippen MR) is 133 cm³/mol. The molecule has 0 unspecified atom stereocenters. The number of carbonyl (C=O) groups is 1. The number of nitrogens with zero attached hydrogens (tertiary/aromatic N) is 5. The summed E-state index contributed by atoms with van der Waals surface area (Å²) in [6, 6.07) is 6.16. The van der Waals surface area contributed by atoms with Crippen LogP contribution < -0.4 is 0 Å². The maximum absolute atomic E-state index is 13.2. The molecule has 33 heavy (non-hydrogen) atoms. The van der Waals surface area contributed by atoms with Crippen molar-refractivity contribution < 1.29 is 9.28 Å². The van der Waals surface area contributed by atoms with Gasteiger partial charge in [0.2, 0.25) is 0 Å². The SMILES string of the molecule is CC(C)C[N+]1(CC(C)C)CCC(C(=O)Cc2ncc3ccc(-c4cnn(C)c4)cc3n2)CC1. The highest BCUT2D eigenvalue weighted by Crippen LogP contribution is 2.28. The molecular weight excluding hydrogens is 410 g/mol. The van der Waals surface area contributed by atoms with Crippen molar-refractivity contribution in [1.29, 1.82) is 0 Å². The number of Topliss-reactive ketones (excluding diaryl/α,β-unsaturated/α-hetero) is 1. The number of aromatic nitrogens is 4. The zero-order valence-corrected chi connectivity index (χ0v) is 20.8. The Morgan fingerprint density at radius 2 is 1.76 bits per heavy atom. The molecule has 4 rings (SSSR count). The third-order valence-corrected chi connectivity index (χ3v) is 6.87. The van der Waals surface area contributed by atoms with Crippen LogP contribution in [0.3, 0.4) is 0 Å². The first-order valence-corrected chi connectivity index (χ1v) is 12.4. The number of benzene rings is 1. The number of fused-ring (bicyclic) bond motifs is 1. The Labute approximate surface area is 197 Å². The molecule has 0 spiro atoms. The molecule has 6 nitrogen and oxygen atoms in total. The van der Waals surface area contributed by atoms with Crippen molar-refractivity contribution in [3.05, 3.63) is 42.6 Å².